The van der Waals surface area contributed by atoms with Crippen molar-refractivity contribution in [2.75, 3.05) is 5.32 Å². The maximum absolute atomic E-state index is 12.1. The molecule has 1 amide bonds. The van der Waals surface area contributed by atoms with Crippen molar-refractivity contribution in [1.29, 1.82) is 0 Å². The zero-order valence-corrected chi connectivity index (χ0v) is 12.6. The number of nitrogens with two attached hydrogens (primary N) is 1. The van der Waals surface area contributed by atoms with E-state index in [1.807, 2.05) is 24.3 Å². The van der Waals surface area contributed by atoms with Gasteiger partial charge in [0.25, 0.3) is 0 Å². The van der Waals surface area contributed by atoms with Gasteiger partial charge in [0.05, 0.1) is 11.9 Å². The van der Waals surface area contributed by atoms with Crippen LogP contribution in [0.25, 0.3) is 0 Å². The highest BCUT2D eigenvalue weighted by atomic mass is 16.2. The highest BCUT2D eigenvalue weighted by Gasteiger charge is 2.18. The van der Waals surface area contributed by atoms with E-state index in [0.29, 0.717) is 12.2 Å². The maximum atomic E-state index is 12.1. The van der Waals surface area contributed by atoms with Crippen LogP contribution in [0.4, 0.5) is 5.69 Å². The molecule has 6 nitrogen and oxygen atoms in total. The van der Waals surface area contributed by atoms with E-state index in [9.17, 15) is 4.79 Å². The fraction of sp³-hybridized carbons (Fsp3) is 0.400. The first-order valence-electron chi connectivity index (χ1n) is 6.88. The summed E-state index contributed by atoms with van der Waals surface area (Å²) >= 11 is 0. The lowest BCUT2D eigenvalue weighted by molar-refractivity contribution is -0.116. The number of rotatable bonds is 4. The average molecular weight is 287 g/mol. The van der Waals surface area contributed by atoms with Crippen LogP contribution in [-0.2, 0) is 23.3 Å². The van der Waals surface area contributed by atoms with Gasteiger partial charge in [-0.05, 0) is 17.0 Å². The minimum Gasteiger partial charge on any atom is -0.325 e. The first-order valence-corrected chi connectivity index (χ1v) is 6.88. The third kappa shape index (κ3) is 3.88. The lowest BCUT2D eigenvalue weighted by Gasteiger charge is -2.22. The number of amides is 1. The molecule has 0 saturated carbocycles. The minimum absolute atomic E-state index is 0.0378. The summed E-state index contributed by atoms with van der Waals surface area (Å²) in [6.07, 6.45) is 1.68. The fourth-order valence-corrected chi connectivity index (χ4v) is 2.09. The molecule has 1 aromatic carbocycles. The molecular weight excluding hydrogens is 266 g/mol. The standard InChI is InChI=1S/C15H21N5O/c1-15(2,3)12-6-4-5-7-13(12)17-14(21)10-20-9-11(8-16)18-19-20/h4-7,9H,8,10,16H2,1-3H3,(H,17,21). The molecule has 0 aliphatic carbocycles. The molecule has 0 atom stereocenters. The summed E-state index contributed by atoms with van der Waals surface area (Å²) in [4.78, 5) is 12.1. The SMILES string of the molecule is CC(C)(C)c1ccccc1NC(=O)Cn1cc(CN)nn1. The Hall–Kier alpha value is -2.21. The Morgan fingerprint density at radius 1 is 1.33 bits per heavy atom. The number of aromatic nitrogens is 3. The molecule has 3 N–H and O–H groups in total. The van der Waals surface area contributed by atoms with Crippen LogP contribution in [0.1, 0.15) is 32.0 Å². The highest BCUT2D eigenvalue weighted by molar-refractivity contribution is 5.91. The Kier molecular flexibility index (Phi) is 4.37. The van der Waals surface area contributed by atoms with Gasteiger partial charge >= 0.3 is 0 Å². The van der Waals surface area contributed by atoms with E-state index in [4.69, 9.17) is 5.73 Å². The van der Waals surface area contributed by atoms with Gasteiger partial charge in [-0.25, -0.2) is 4.68 Å². The van der Waals surface area contributed by atoms with Gasteiger partial charge in [0, 0.05) is 12.2 Å². The van der Waals surface area contributed by atoms with E-state index in [0.717, 1.165) is 11.3 Å². The Balaban J connectivity index is 2.09. The summed E-state index contributed by atoms with van der Waals surface area (Å²) in [5.74, 6) is -0.139. The van der Waals surface area contributed by atoms with E-state index in [2.05, 4.69) is 36.4 Å². The number of nitrogens with zero attached hydrogens (tertiary/aromatic N) is 3. The normalized spacial score (nSPS) is 11.4. The Morgan fingerprint density at radius 2 is 2.05 bits per heavy atom. The van der Waals surface area contributed by atoms with Gasteiger partial charge in [-0.15, -0.1) is 5.10 Å². The molecular formula is C15H21N5O. The van der Waals surface area contributed by atoms with Crippen molar-refractivity contribution in [1.82, 2.24) is 15.0 Å². The number of hydrogen-bond donors (Lipinski definition) is 2. The van der Waals surface area contributed by atoms with Crippen molar-refractivity contribution in [2.24, 2.45) is 5.73 Å². The average Bonchev–Trinajstić information content (AvgIpc) is 2.85. The zero-order valence-electron chi connectivity index (χ0n) is 12.6. The number of nitrogens with one attached hydrogen (secondary N) is 1. The molecule has 2 aromatic rings. The molecule has 0 unspecified atom stereocenters. The Labute approximate surface area is 124 Å². The monoisotopic (exact) mass is 287 g/mol. The predicted octanol–water partition coefficient (Wildman–Crippen LogP) is 1.67. The number of carbonyl (C=O) groups is 1. The Bertz CT molecular complexity index is 627. The van der Waals surface area contributed by atoms with E-state index in [-0.39, 0.29) is 17.9 Å². The van der Waals surface area contributed by atoms with Crippen LogP contribution < -0.4 is 11.1 Å². The first-order chi connectivity index (χ1) is 9.90. The summed E-state index contributed by atoms with van der Waals surface area (Å²) in [6.45, 7) is 6.77. The van der Waals surface area contributed by atoms with E-state index < -0.39 is 0 Å². The van der Waals surface area contributed by atoms with Crippen molar-refractivity contribution >= 4 is 11.6 Å². The van der Waals surface area contributed by atoms with Crippen LogP contribution in [0.5, 0.6) is 0 Å². The quantitative estimate of drug-likeness (QED) is 0.895. The third-order valence-corrected chi connectivity index (χ3v) is 3.11. The molecule has 0 fully saturated rings. The maximum Gasteiger partial charge on any atom is 0.246 e. The van der Waals surface area contributed by atoms with Crippen LogP contribution in [0.2, 0.25) is 0 Å². The highest BCUT2D eigenvalue weighted by Crippen LogP contribution is 2.29. The van der Waals surface area contributed by atoms with Crippen LogP contribution in [0.3, 0.4) is 0 Å². The fourth-order valence-electron chi connectivity index (χ4n) is 2.09. The summed E-state index contributed by atoms with van der Waals surface area (Å²) in [7, 11) is 0. The molecule has 1 aromatic heterocycles. The number of benzene rings is 1. The van der Waals surface area contributed by atoms with Crippen molar-refractivity contribution in [3.63, 3.8) is 0 Å². The second-order valence-corrected chi connectivity index (χ2v) is 5.96. The summed E-state index contributed by atoms with van der Waals surface area (Å²) in [5.41, 5.74) is 8.02. The molecule has 0 saturated heterocycles. The molecule has 6 heteroatoms. The molecule has 0 aliphatic heterocycles. The smallest absolute Gasteiger partial charge is 0.246 e. The third-order valence-electron chi connectivity index (χ3n) is 3.11. The van der Waals surface area contributed by atoms with E-state index >= 15 is 0 Å². The largest absolute Gasteiger partial charge is 0.325 e. The molecule has 1 heterocycles. The van der Waals surface area contributed by atoms with Crippen LogP contribution in [0.15, 0.2) is 30.5 Å². The molecule has 21 heavy (non-hydrogen) atoms. The molecule has 0 spiro atoms. The predicted molar refractivity (Wildman–Crippen MR) is 81.7 cm³/mol. The number of para-hydroxylation sites is 1. The summed E-state index contributed by atoms with van der Waals surface area (Å²) in [5, 5.41) is 10.7. The van der Waals surface area contributed by atoms with Gasteiger partial charge in [-0.3, -0.25) is 4.79 Å². The van der Waals surface area contributed by atoms with Crippen molar-refractivity contribution in [3.8, 4) is 0 Å². The van der Waals surface area contributed by atoms with Crippen LogP contribution >= 0.6 is 0 Å². The minimum atomic E-state index is -0.139. The lowest BCUT2D eigenvalue weighted by Crippen LogP contribution is -2.22. The lowest BCUT2D eigenvalue weighted by atomic mass is 9.86. The Morgan fingerprint density at radius 3 is 2.67 bits per heavy atom. The first kappa shape index (κ1) is 15.2. The van der Waals surface area contributed by atoms with Gasteiger partial charge in [-0.1, -0.05) is 44.2 Å². The number of carbonyl (C=O) groups excluding carboxylic acids is 1. The van der Waals surface area contributed by atoms with Gasteiger partial charge in [-0.2, -0.15) is 0 Å². The summed E-state index contributed by atoms with van der Waals surface area (Å²) < 4.78 is 1.48. The van der Waals surface area contributed by atoms with E-state index in [1.54, 1.807) is 6.20 Å². The van der Waals surface area contributed by atoms with Gasteiger partial charge < -0.3 is 11.1 Å². The zero-order chi connectivity index (χ0) is 15.5. The van der Waals surface area contributed by atoms with Crippen molar-refractivity contribution in [3.05, 3.63) is 41.7 Å². The van der Waals surface area contributed by atoms with Crippen molar-refractivity contribution in [2.45, 2.75) is 39.3 Å². The topological polar surface area (TPSA) is 85.8 Å². The van der Waals surface area contributed by atoms with Gasteiger partial charge in [0.1, 0.15) is 6.54 Å². The van der Waals surface area contributed by atoms with E-state index in [1.165, 1.54) is 4.68 Å². The molecule has 2 rings (SSSR count). The molecule has 0 bridgehead atoms. The molecule has 0 radical (unpaired) electrons. The molecule has 0 aliphatic rings. The summed E-state index contributed by atoms with van der Waals surface area (Å²) in [6, 6.07) is 7.82. The van der Waals surface area contributed by atoms with Gasteiger partial charge in [0.15, 0.2) is 0 Å². The molecule has 112 valence electrons. The van der Waals surface area contributed by atoms with Gasteiger partial charge in [0.2, 0.25) is 5.91 Å². The second kappa shape index (κ2) is 6.05. The van der Waals surface area contributed by atoms with Crippen molar-refractivity contribution < 1.29 is 4.79 Å². The second-order valence-electron chi connectivity index (χ2n) is 5.96. The van der Waals surface area contributed by atoms with Crippen LogP contribution in [-0.4, -0.2) is 20.9 Å². The number of hydrogen-bond acceptors (Lipinski definition) is 4. The van der Waals surface area contributed by atoms with Crippen LogP contribution in [0, 0.1) is 0 Å². The number of anilines is 1.